The van der Waals surface area contributed by atoms with Crippen molar-refractivity contribution in [3.05, 3.63) is 67.0 Å². The van der Waals surface area contributed by atoms with E-state index in [9.17, 15) is 32.7 Å². The number of hydrogen-bond acceptors (Lipinski definition) is 11. The average Bonchev–Trinajstić information content (AvgIpc) is 4.08. The number of nitrogens with one attached hydrogen (secondary N) is 3. The second-order valence-corrected chi connectivity index (χ2v) is 19.4. The fourth-order valence-corrected chi connectivity index (χ4v) is 9.48. The van der Waals surface area contributed by atoms with Crippen LogP contribution in [0.2, 0.25) is 0 Å². The van der Waals surface area contributed by atoms with E-state index in [4.69, 9.17) is 14.5 Å². The number of allylic oxidation sites excluding steroid dienone is 1. The molecule has 7 rings (SSSR count). The quantitative estimate of drug-likeness (QED) is 0.201. The monoisotopic (exact) mass is 843 g/mol. The number of carboxylic acid groups (broad SMARTS) is 1. The lowest BCUT2D eigenvalue weighted by atomic mass is 9.88. The highest BCUT2D eigenvalue weighted by molar-refractivity contribution is 7.91. The normalized spacial score (nSPS) is 27.7. The van der Waals surface area contributed by atoms with Crippen LogP contribution in [0.25, 0.3) is 22.8 Å². The van der Waals surface area contributed by atoms with Crippen molar-refractivity contribution in [1.82, 2.24) is 35.2 Å². The summed E-state index contributed by atoms with van der Waals surface area (Å²) in [5.41, 5.74) is 0.133. The summed E-state index contributed by atoms with van der Waals surface area (Å²) in [4.78, 5) is 70.1. The summed E-state index contributed by atoms with van der Waals surface area (Å²) in [7, 11) is -4.03. The predicted octanol–water partition coefficient (Wildman–Crippen LogP) is 4.86. The first-order chi connectivity index (χ1) is 28.5. The number of hydrogen-bond donors (Lipinski definition) is 4. The Morgan fingerprint density at radius 3 is 2.38 bits per heavy atom. The lowest BCUT2D eigenvalue weighted by Crippen LogP contribution is -2.59. The van der Waals surface area contributed by atoms with Gasteiger partial charge in [0.2, 0.25) is 21.8 Å². The van der Waals surface area contributed by atoms with E-state index in [0.29, 0.717) is 54.4 Å². The Hall–Kier alpha value is -5.58. The van der Waals surface area contributed by atoms with E-state index in [1.165, 1.54) is 4.90 Å². The van der Waals surface area contributed by atoms with Crippen molar-refractivity contribution in [2.24, 2.45) is 17.8 Å². The molecule has 4 N–H and O–H groups in total. The molecule has 0 radical (unpaired) electrons. The standard InChI is InChI=1S/C43H53N7O9S/c1-25(2)58-30-13-11-28(12-14-30)33-20-31(21-34(46-33)37-44-17-8-18-45-37)59-32-22-35-38(51)48-43(40(53)49-60(56,57)42(5)15-16-42)23-29(43)10-7-6-9-26(3)19-27(4)36(47-41(54)55)39(52)50(35)24-32/h7-8,10-14,17-18,20-21,25-27,29,32,35-36,47H,6,9,15-16,19,22-24H2,1-5H3,(H,48,51)(H,49,53)(H,54,55)/t26-,27-,29-,32-,35+,36+,43-/m1/s1. The topological polar surface area (TPSA) is 219 Å². The highest BCUT2D eigenvalue weighted by Crippen LogP contribution is 2.47. The molecule has 60 heavy (non-hydrogen) atoms. The van der Waals surface area contributed by atoms with Crippen molar-refractivity contribution in [3.63, 3.8) is 0 Å². The van der Waals surface area contributed by atoms with Crippen molar-refractivity contribution in [2.75, 3.05) is 6.54 Å². The molecule has 4 amide bonds. The summed E-state index contributed by atoms with van der Waals surface area (Å²) in [5.74, 6) is -1.55. The molecule has 0 unspecified atom stereocenters. The summed E-state index contributed by atoms with van der Waals surface area (Å²) >= 11 is 0. The van der Waals surface area contributed by atoms with E-state index in [1.54, 1.807) is 37.5 Å². The molecule has 2 saturated carbocycles. The minimum absolute atomic E-state index is 0.0126. The molecule has 4 aliphatic rings. The molecule has 320 valence electrons. The van der Waals surface area contributed by atoms with Gasteiger partial charge in [-0.2, -0.15) is 0 Å². The smallest absolute Gasteiger partial charge is 0.405 e. The molecule has 0 spiro atoms. The van der Waals surface area contributed by atoms with Crippen molar-refractivity contribution >= 4 is 33.8 Å². The highest BCUT2D eigenvalue weighted by Gasteiger charge is 2.63. The lowest BCUT2D eigenvalue weighted by Gasteiger charge is -2.32. The van der Waals surface area contributed by atoms with Crippen LogP contribution in [0, 0.1) is 17.8 Å². The molecule has 3 aromatic rings. The number of fused-ring (bicyclic) bond motifs is 2. The summed E-state index contributed by atoms with van der Waals surface area (Å²) in [6.45, 7) is 9.20. The minimum atomic E-state index is -4.03. The fraction of sp³-hybridized carbons (Fsp3) is 0.512. The third kappa shape index (κ3) is 9.25. The zero-order valence-electron chi connectivity index (χ0n) is 34.5. The van der Waals surface area contributed by atoms with Crippen LogP contribution < -0.4 is 24.8 Å². The molecular formula is C43H53N7O9S. The van der Waals surface area contributed by atoms with Gasteiger partial charge in [-0.15, -0.1) is 0 Å². The Morgan fingerprint density at radius 2 is 1.72 bits per heavy atom. The van der Waals surface area contributed by atoms with E-state index in [0.717, 1.165) is 12.0 Å². The first-order valence-corrected chi connectivity index (χ1v) is 22.0. The maximum absolute atomic E-state index is 14.6. The van der Waals surface area contributed by atoms with E-state index in [-0.39, 0.29) is 31.4 Å². The molecule has 4 heterocycles. The van der Waals surface area contributed by atoms with Crippen molar-refractivity contribution in [2.45, 2.75) is 114 Å². The molecule has 17 heteroatoms. The third-order valence-corrected chi connectivity index (χ3v) is 14.1. The predicted molar refractivity (Wildman–Crippen MR) is 221 cm³/mol. The van der Waals surface area contributed by atoms with Crippen molar-refractivity contribution in [3.8, 4) is 34.3 Å². The molecule has 7 atom stereocenters. The number of carbonyl (C=O) groups excluding carboxylic acids is 3. The number of benzene rings is 1. The largest absolute Gasteiger partial charge is 0.491 e. The number of rotatable bonds is 10. The molecule has 16 nitrogen and oxygen atoms in total. The van der Waals surface area contributed by atoms with Gasteiger partial charge in [-0.05, 0) is 101 Å². The van der Waals surface area contributed by atoms with Gasteiger partial charge in [-0.3, -0.25) is 19.1 Å². The van der Waals surface area contributed by atoms with E-state index >= 15 is 0 Å². The molecule has 2 aromatic heterocycles. The number of aromatic nitrogens is 3. The van der Waals surface area contributed by atoms with Crippen LogP contribution in [0.1, 0.15) is 79.6 Å². The maximum Gasteiger partial charge on any atom is 0.405 e. The van der Waals surface area contributed by atoms with Crippen LogP contribution >= 0.6 is 0 Å². The van der Waals surface area contributed by atoms with Gasteiger partial charge in [0.15, 0.2) is 5.82 Å². The number of ether oxygens (including phenoxy) is 2. The zero-order chi connectivity index (χ0) is 43.0. The molecular weight excluding hydrogens is 791 g/mol. The van der Waals surface area contributed by atoms with Gasteiger partial charge in [0, 0.05) is 42.4 Å². The van der Waals surface area contributed by atoms with E-state index in [1.807, 2.05) is 64.1 Å². The van der Waals surface area contributed by atoms with Gasteiger partial charge in [-0.1, -0.05) is 26.0 Å². The number of pyridine rings is 1. The van der Waals surface area contributed by atoms with Gasteiger partial charge in [0.05, 0.1) is 23.1 Å². The minimum Gasteiger partial charge on any atom is -0.491 e. The molecule has 2 aliphatic heterocycles. The fourth-order valence-electron chi connectivity index (χ4n) is 8.17. The summed E-state index contributed by atoms with van der Waals surface area (Å²) in [6.07, 6.45) is 7.66. The lowest BCUT2D eigenvalue weighted by molar-refractivity contribution is -0.142. The Morgan fingerprint density at radius 1 is 1.02 bits per heavy atom. The van der Waals surface area contributed by atoms with Gasteiger partial charge in [0.25, 0.3) is 5.91 Å². The van der Waals surface area contributed by atoms with Crippen LogP contribution in [-0.2, 0) is 24.4 Å². The number of carbonyl (C=O) groups is 4. The second kappa shape index (κ2) is 16.8. The second-order valence-electron chi connectivity index (χ2n) is 17.2. The summed E-state index contributed by atoms with van der Waals surface area (Å²) in [6, 6.07) is 10.1. The van der Waals surface area contributed by atoms with Crippen LogP contribution in [0.5, 0.6) is 11.5 Å². The van der Waals surface area contributed by atoms with Gasteiger partial charge >= 0.3 is 6.09 Å². The Kier molecular flexibility index (Phi) is 11.9. The first kappa shape index (κ1) is 42.5. The van der Waals surface area contributed by atoms with Crippen LogP contribution in [0.15, 0.2) is 67.0 Å². The first-order valence-electron chi connectivity index (χ1n) is 20.6. The average molecular weight is 844 g/mol. The number of sulfonamides is 1. The zero-order valence-corrected chi connectivity index (χ0v) is 35.3. The summed E-state index contributed by atoms with van der Waals surface area (Å²) in [5, 5.41) is 15.2. The Balaban J connectivity index is 1.23. The SMILES string of the molecule is CC(C)Oc1ccc(-c2cc(O[C@@H]3C[C@H]4C(=O)N[C@]5(C(=O)NS(=O)(=O)C6(C)CC6)C[C@H]5C=CCC[C@@H](C)C[C@@H](C)[C@H](NC(=O)O)C(=O)N4C3)cc(-c3ncccn3)n2)cc1. The summed E-state index contributed by atoms with van der Waals surface area (Å²) < 4.78 is 40.1. The maximum atomic E-state index is 14.6. The number of nitrogens with zero attached hydrogens (tertiary/aromatic N) is 4. The van der Waals surface area contributed by atoms with Crippen LogP contribution in [0.3, 0.4) is 0 Å². The molecule has 1 saturated heterocycles. The molecule has 2 aliphatic carbocycles. The third-order valence-electron chi connectivity index (χ3n) is 11.9. The molecule has 1 aromatic carbocycles. The Labute approximate surface area is 350 Å². The highest BCUT2D eigenvalue weighted by atomic mass is 32.2. The van der Waals surface area contributed by atoms with Crippen LogP contribution in [-0.4, -0.2) is 98.3 Å². The molecule has 0 bridgehead atoms. The van der Waals surface area contributed by atoms with Gasteiger partial charge in [0.1, 0.15) is 40.9 Å². The van der Waals surface area contributed by atoms with Crippen molar-refractivity contribution in [1.29, 1.82) is 0 Å². The van der Waals surface area contributed by atoms with Crippen LogP contribution in [0.4, 0.5) is 4.79 Å². The van der Waals surface area contributed by atoms with Gasteiger partial charge < -0.3 is 30.1 Å². The Bertz CT molecular complexity index is 2250. The molecule has 3 fully saturated rings. The van der Waals surface area contributed by atoms with Crippen molar-refractivity contribution < 1.29 is 42.2 Å². The van der Waals surface area contributed by atoms with E-state index in [2.05, 4.69) is 25.3 Å². The van der Waals surface area contributed by atoms with E-state index < -0.39 is 74.1 Å². The van der Waals surface area contributed by atoms with Gasteiger partial charge in [-0.25, -0.2) is 28.2 Å². The number of amides is 4.